The molecule has 7 heteroatoms. The third-order valence-electron chi connectivity index (χ3n) is 5.12. The molecular weight excluding hydrogens is 385 g/mol. The van der Waals surface area contributed by atoms with Crippen LogP contribution in [0.15, 0.2) is 48.5 Å². The van der Waals surface area contributed by atoms with Crippen LogP contribution in [0.2, 0.25) is 0 Å². The van der Waals surface area contributed by atoms with Gasteiger partial charge < -0.3 is 9.80 Å². The molecule has 0 N–H and O–H groups in total. The predicted octanol–water partition coefficient (Wildman–Crippen LogP) is 2.68. The van der Waals surface area contributed by atoms with Gasteiger partial charge in [-0.3, -0.25) is 19.3 Å². The van der Waals surface area contributed by atoms with Crippen LogP contribution < -0.4 is 0 Å². The minimum Gasteiger partial charge on any atom is -0.333 e. The Morgan fingerprint density at radius 1 is 0.967 bits per heavy atom. The normalized spacial score (nSPS) is 13.9. The lowest BCUT2D eigenvalue weighted by atomic mass is 10.1. The van der Waals surface area contributed by atoms with E-state index in [0.717, 1.165) is 5.56 Å². The molecule has 3 rings (SSSR count). The summed E-state index contributed by atoms with van der Waals surface area (Å²) in [5.74, 6) is -0.866. The quantitative estimate of drug-likeness (QED) is 0.627. The number of hydrogen-bond donors (Lipinski definition) is 0. The summed E-state index contributed by atoms with van der Waals surface area (Å²) < 4.78 is 14.1. The Hall–Kier alpha value is -3.06. The molecular formula is C23H26FN3O3. The monoisotopic (exact) mass is 411 g/mol. The molecule has 2 aromatic carbocycles. The van der Waals surface area contributed by atoms with Crippen LogP contribution in [0.25, 0.3) is 0 Å². The van der Waals surface area contributed by atoms with Crippen molar-refractivity contribution in [2.45, 2.75) is 25.9 Å². The van der Waals surface area contributed by atoms with E-state index in [9.17, 15) is 18.8 Å². The SMILES string of the molecule is CN(C)CCN(Cc1ccccc1F)C(=O)c1ccc(CN2C(=O)CCC2=O)cc1. The second-order valence-electron chi connectivity index (χ2n) is 7.69. The van der Waals surface area contributed by atoms with E-state index in [4.69, 9.17) is 0 Å². The molecule has 0 aromatic heterocycles. The zero-order valence-electron chi connectivity index (χ0n) is 17.3. The summed E-state index contributed by atoms with van der Waals surface area (Å²) in [7, 11) is 3.84. The van der Waals surface area contributed by atoms with E-state index in [-0.39, 0.29) is 49.5 Å². The number of carbonyl (C=O) groups is 3. The van der Waals surface area contributed by atoms with Gasteiger partial charge in [-0.05, 0) is 37.9 Å². The zero-order chi connectivity index (χ0) is 21.7. The van der Waals surface area contributed by atoms with Crippen LogP contribution in [-0.2, 0) is 22.7 Å². The third-order valence-corrected chi connectivity index (χ3v) is 5.12. The van der Waals surface area contributed by atoms with E-state index in [1.165, 1.54) is 11.0 Å². The lowest BCUT2D eigenvalue weighted by Crippen LogP contribution is -2.36. The highest BCUT2D eigenvalue weighted by atomic mass is 19.1. The van der Waals surface area contributed by atoms with E-state index < -0.39 is 0 Å². The van der Waals surface area contributed by atoms with Gasteiger partial charge in [0.1, 0.15) is 5.82 Å². The molecule has 30 heavy (non-hydrogen) atoms. The van der Waals surface area contributed by atoms with E-state index >= 15 is 0 Å². The molecule has 0 atom stereocenters. The van der Waals surface area contributed by atoms with E-state index in [1.807, 2.05) is 19.0 Å². The van der Waals surface area contributed by atoms with Gasteiger partial charge in [0.25, 0.3) is 5.91 Å². The van der Waals surface area contributed by atoms with Crippen molar-refractivity contribution in [3.63, 3.8) is 0 Å². The van der Waals surface area contributed by atoms with Crippen molar-refractivity contribution in [1.29, 1.82) is 0 Å². The summed E-state index contributed by atoms with van der Waals surface area (Å²) in [6.45, 7) is 1.50. The van der Waals surface area contributed by atoms with Gasteiger partial charge in [-0.25, -0.2) is 4.39 Å². The van der Waals surface area contributed by atoms with Gasteiger partial charge in [-0.15, -0.1) is 0 Å². The summed E-state index contributed by atoms with van der Waals surface area (Å²) in [5.41, 5.74) is 1.73. The summed E-state index contributed by atoms with van der Waals surface area (Å²) in [5, 5.41) is 0. The molecule has 0 spiro atoms. The summed E-state index contributed by atoms with van der Waals surface area (Å²) in [6, 6.07) is 13.3. The van der Waals surface area contributed by atoms with Crippen LogP contribution in [0.1, 0.15) is 34.3 Å². The second kappa shape index (κ2) is 9.63. The second-order valence-corrected chi connectivity index (χ2v) is 7.69. The maximum atomic E-state index is 14.1. The van der Waals surface area contributed by atoms with Crippen LogP contribution in [0.3, 0.4) is 0 Å². The lowest BCUT2D eigenvalue weighted by Gasteiger charge is -2.25. The van der Waals surface area contributed by atoms with E-state index in [2.05, 4.69) is 0 Å². The summed E-state index contributed by atoms with van der Waals surface area (Å²) in [6.07, 6.45) is 0.512. The summed E-state index contributed by atoms with van der Waals surface area (Å²) >= 11 is 0. The van der Waals surface area contributed by atoms with Gasteiger partial charge in [0, 0.05) is 43.6 Å². The Labute approximate surface area is 175 Å². The first-order chi connectivity index (χ1) is 14.3. The minimum absolute atomic E-state index is 0.167. The molecule has 0 radical (unpaired) electrons. The topological polar surface area (TPSA) is 60.9 Å². The lowest BCUT2D eigenvalue weighted by molar-refractivity contribution is -0.139. The molecule has 0 saturated carbocycles. The van der Waals surface area contributed by atoms with E-state index in [1.54, 1.807) is 47.4 Å². The fraction of sp³-hybridized carbons (Fsp3) is 0.348. The highest BCUT2D eigenvalue weighted by Gasteiger charge is 2.28. The van der Waals surface area contributed by atoms with Crippen molar-refractivity contribution in [2.75, 3.05) is 27.2 Å². The third kappa shape index (κ3) is 5.30. The molecule has 1 aliphatic rings. The number of amides is 3. The molecule has 1 saturated heterocycles. The molecule has 0 unspecified atom stereocenters. The largest absolute Gasteiger partial charge is 0.333 e. The summed E-state index contributed by atoms with van der Waals surface area (Å²) in [4.78, 5) is 41.5. The van der Waals surface area contributed by atoms with Gasteiger partial charge in [-0.2, -0.15) is 0 Å². The number of imide groups is 1. The Morgan fingerprint density at radius 3 is 2.20 bits per heavy atom. The van der Waals surface area contributed by atoms with Crippen molar-refractivity contribution in [1.82, 2.24) is 14.7 Å². The Bertz CT molecular complexity index is 912. The first kappa shape index (κ1) is 21.6. The smallest absolute Gasteiger partial charge is 0.254 e. The van der Waals surface area contributed by atoms with Crippen LogP contribution in [0, 0.1) is 5.82 Å². The highest BCUT2D eigenvalue weighted by Crippen LogP contribution is 2.18. The van der Waals surface area contributed by atoms with Crippen molar-refractivity contribution in [3.8, 4) is 0 Å². The van der Waals surface area contributed by atoms with Crippen molar-refractivity contribution in [3.05, 3.63) is 71.0 Å². The predicted molar refractivity (Wildman–Crippen MR) is 111 cm³/mol. The number of carbonyl (C=O) groups excluding carboxylic acids is 3. The van der Waals surface area contributed by atoms with Gasteiger partial charge >= 0.3 is 0 Å². The molecule has 0 bridgehead atoms. The average Bonchev–Trinajstić information content (AvgIpc) is 3.04. The molecule has 3 amide bonds. The van der Waals surface area contributed by atoms with Crippen LogP contribution in [0.4, 0.5) is 4.39 Å². The number of halogens is 1. The molecule has 0 aliphatic carbocycles. The van der Waals surface area contributed by atoms with Gasteiger partial charge in [0.05, 0.1) is 6.54 Å². The standard InChI is InChI=1S/C23H26FN3O3/c1-25(2)13-14-26(16-19-5-3-4-6-20(19)24)23(30)18-9-7-17(8-10-18)15-27-21(28)11-12-22(27)29/h3-10H,11-16H2,1-2H3. The fourth-order valence-corrected chi connectivity index (χ4v) is 3.32. The number of likely N-dealkylation sites (tertiary alicyclic amines) is 1. The number of rotatable bonds is 8. The Morgan fingerprint density at radius 2 is 1.60 bits per heavy atom. The first-order valence-electron chi connectivity index (χ1n) is 9.94. The number of benzene rings is 2. The Kier molecular flexibility index (Phi) is 6.95. The highest BCUT2D eigenvalue weighted by molar-refractivity contribution is 6.01. The van der Waals surface area contributed by atoms with Crippen LogP contribution in [0.5, 0.6) is 0 Å². The van der Waals surface area contributed by atoms with Crippen molar-refractivity contribution in [2.24, 2.45) is 0 Å². The number of nitrogens with zero attached hydrogens (tertiary/aromatic N) is 3. The zero-order valence-corrected chi connectivity index (χ0v) is 17.3. The number of hydrogen-bond acceptors (Lipinski definition) is 4. The molecule has 1 aliphatic heterocycles. The van der Waals surface area contributed by atoms with Crippen LogP contribution in [-0.4, -0.2) is 59.6 Å². The average molecular weight is 411 g/mol. The van der Waals surface area contributed by atoms with Gasteiger partial charge in [0.2, 0.25) is 11.8 Å². The maximum Gasteiger partial charge on any atom is 0.254 e. The number of likely N-dealkylation sites (N-methyl/N-ethyl adjacent to an activating group) is 1. The fourth-order valence-electron chi connectivity index (χ4n) is 3.32. The van der Waals surface area contributed by atoms with Crippen molar-refractivity contribution >= 4 is 17.7 Å². The van der Waals surface area contributed by atoms with Crippen LogP contribution >= 0.6 is 0 Å². The van der Waals surface area contributed by atoms with E-state index in [0.29, 0.717) is 24.2 Å². The van der Waals surface area contributed by atoms with Gasteiger partial charge in [0.15, 0.2) is 0 Å². The molecule has 1 heterocycles. The molecule has 2 aromatic rings. The molecule has 1 fully saturated rings. The molecule has 158 valence electrons. The van der Waals surface area contributed by atoms with Gasteiger partial charge in [-0.1, -0.05) is 30.3 Å². The van der Waals surface area contributed by atoms with Crippen molar-refractivity contribution < 1.29 is 18.8 Å². The molecule has 6 nitrogen and oxygen atoms in total. The Balaban J connectivity index is 1.73. The minimum atomic E-state index is -0.338. The maximum absolute atomic E-state index is 14.1. The first-order valence-corrected chi connectivity index (χ1v) is 9.94.